The van der Waals surface area contributed by atoms with Crippen molar-refractivity contribution in [2.75, 3.05) is 7.11 Å². The molecular weight excluding hydrogens is 324 g/mol. The van der Waals surface area contributed by atoms with Gasteiger partial charge in [0.2, 0.25) is 11.2 Å². The first-order valence-corrected chi connectivity index (χ1v) is 7.61. The molecular formula is C19H16O6. The maximum Gasteiger partial charge on any atom is 0.344 e. The van der Waals surface area contributed by atoms with E-state index in [0.29, 0.717) is 22.3 Å². The van der Waals surface area contributed by atoms with Crippen LogP contribution < -0.4 is 14.9 Å². The summed E-state index contributed by atoms with van der Waals surface area (Å²) in [6.45, 7) is 1.35. The molecule has 0 radical (unpaired) electrons. The van der Waals surface area contributed by atoms with Gasteiger partial charge in [-0.05, 0) is 31.2 Å². The van der Waals surface area contributed by atoms with Crippen molar-refractivity contribution in [2.24, 2.45) is 0 Å². The van der Waals surface area contributed by atoms with E-state index in [0.717, 1.165) is 0 Å². The van der Waals surface area contributed by atoms with Crippen molar-refractivity contribution in [2.45, 2.75) is 13.0 Å². The summed E-state index contributed by atoms with van der Waals surface area (Å²) in [6.07, 6.45) is -1.21. The Labute approximate surface area is 143 Å². The van der Waals surface area contributed by atoms with Gasteiger partial charge in [-0.3, -0.25) is 4.79 Å². The number of carboxylic acids is 1. The number of hydrogen-bond acceptors (Lipinski definition) is 5. The van der Waals surface area contributed by atoms with E-state index in [1.807, 2.05) is 0 Å². The van der Waals surface area contributed by atoms with Gasteiger partial charge in [0.15, 0.2) is 11.9 Å². The van der Waals surface area contributed by atoms with Gasteiger partial charge in [-0.2, -0.15) is 0 Å². The summed E-state index contributed by atoms with van der Waals surface area (Å²) in [5.41, 5.74) is 0.444. The number of hydrogen-bond donors (Lipinski definition) is 1. The van der Waals surface area contributed by atoms with Crippen molar-refractivity contribution < 1.29 is 23.8 Å². The van der Waals surface area contributed by atoms with Crippen LogP contribution in [0.15, 0.2) is 57.7 Å². The quantitative estimate of drug-likeness (QED) is 0.767. The highest BCUT2D eigenvalue weighted by molar-refractivity contribution is 5.83. The van der Waals surface area contributed by atoms with Gasteiger partial charge < -0.3 is 19.0 Å². The molecule has 1 N–H and O–H groups in total. The maximum absolute atomic E-state index is 12.9. The molecule has 6 nitrogen and oxygen atoms in total. The largest absolute Gasteiger partial charge is 0.496 e. The average Bonchev–Trinajstić information content (AvgIpc) is 2.63. The molecule has 128 valence electrons. The summed E-state index contributed by atoms with van der Waals surface area (Å²) < 4.78 is 16.6. The summed E-state index contributed by atoms with van der Waals surface area (Å²) >= 11 is 0. The SMILES string of the molecule is COc1ccccc1-c1oc2ccccc2c(=O)c1OC(C)C(=O)O. The molecule has 0 aliphatic heterocycles. The second kappa shape index (κ2) is 6.68. The van der Waals surface area contributed by atoms with Crippen LogP contribution >= 0.6 is 0 Å². The molecule has 6 heteroatoms. The molecule has 3 aromatic rings. The number of para-hydroxylation sites is 2. The second-order valence-electron chi connectivity index (χ2n) is 5.38. The van der Waals surface area contributed by atoms with Crippen molar-refractivity contribution in [3.05, 3.63) is 58.8 Å². The van der Waals surface area contributed by atoms with Crippen LogP contribution in [0.4, 0.5) is 0 Å². The number of carbonyl (C=O) groups is 1. The van der Waals surface area contributed by atoms with Crippen LogP contribution in [0.25, 0.3) is 22.3 Å². The number of rotatable bonds is 5. The molecule has 3 rings (SSSR count). The van der Waals surface area contributed by atoms with E-state index in [2.05, 4.69) is 0 Å². The molecule has 0 amide bonds. The summed E-state index contributed by atoms with van der Waals surface area (Å²) in [4.78, 5) is 24.0. The molecule has 0 aliphatic rings. The van der Waals surface area contributed by atoms with Gasteiger partial charge in [-0.1, -0.05) is 24.3 Å². The molecule has 0 bridgehead atoms. The van der Waals surface area contributed by atoms with Crippen LogP contribution in [0.1, 0.15) is 6.92 Å². The summed E-state index contributed by atoms with van der Waals surface area (Å²) in [6, 6.07) is 13.7. The van der Waals surface area contributed by atoms with Gasteiger partial charge in [-0.15, -0.1) is 0 Å². The molecule has 0 saturated heterocycles. The lowest BCUT2D eigenvalue weighted by atomic mass is 10.1. The Morgan fingerprint density at radius 3 is 2.52 bits per heavy atom. The molecule has 25 heavy (non-hydrogen) atoms. The minimum Gasteiger partial charge on any atom is -0.496 e. The van der Waals surface area contributed by atoms with E-state index in [9.17, 15) is 9.59 Å². The van der Waals surface area contributed by atoms with Crippen molar-refractivity contribution in [3.8, 4) is 22.8 Å². The van der Waals surface area contributed by atoms with Crippen molar-refractivity contribution in [1.82, 2.24) is 0 Å². The Bertz CT molecular complexity index is 989. The van der Waals surface area contributed by atoms with Crippen LogP contribution in [-0.4, -0.2) is 24.3 Å². The van der Waals surface area contributed by atoms with Crippen molar-refractivity contribution in [3.63, 3.8) is 0 Å². The molecule has 1 atom stereocenters. The van der Waals surface area contributed by atoms with Gasteiger partial charge in [-0.25, -0.2) is 4.79 Å². The Morgan fingerprint density at radius 1 is 1.12 bits per heavy atom. The Kier molecular flexibility index (Phi) is 4.43. The van der Waals surface area contributed by atoms with Crippen molar-refractivity contribution >= 4 is 16.9 Å². The molecule has 0 saturated carbocycles. The predicted octanol–water partition coefficient (Wildman–Crippen LogP) is 3.32. The first-order chi connectivity index (χ1) is 12.0. The Morgan fingerprint density at radius 2 is 1.80 bits per heavy atom. The number of methoxy groups -OCH3 is 1. The molecule has 1 heterocycles. The van der Waals surface area contributed by atoms with Gasteiger partial charge in [0.05, 0.1) is 18.1 Å². The zero-order chi connectivity index (χ0) is 18.0. The van der Waals surface area contributed by atoms with Crippen molar-refractivity contribution in [1.29, 1.82) is 0 Å². The first kappa shape index (κ1) is 16.6. The van der Waals surface area contributed by atoms with E-state index in [1.54, 1.807) is 48.5 Å². The second-order valence-corrected chi connectivity index (χ2v) is 5.38. The summed E-state index contributed by atoms with van der Waals surface area (Å²) in [7, 11) is 1.50. The lowest BCUT2D eigenvalue weighted by Crippen LogP contribution is -2.26. The molecule has 2 aromatic carbocycles. The van der Waals surface area contributed by atoms with E-state index < -0.39 is 17.5 Å². The average molecular weight is 340 g/mol. The lowest BCUT2D eigenvalue weighted by molar-refractivity contribution is -0.144. The standard InChI is InChI=1S/C19H16O6/c1-11(19(21)22)24-18-16(20)12-7-3-6-10-15(12)25-17(18)13-8-4-5-9-14(13)23-2/h3-11H,1-2H3,(H,21,22). The van der Waals surface area contributed by atoms with Crippen LogP contribution in [0, 0.1) is 0 Å². The monoisotopic (exact) mass is 340 g/mol. The molecule has 0 spiro atoms. The molecule has 1 unspecified atom stereocenters. The van der Waals surface area contributed by atoms with E-state index in [-0.39, 0.29) is 11.5 Å². The Hall–Kier alpha value is -3.28. The smallest absolute Gasteiger partial charge is 0.344 e. The predicted molar refractivity (Wildman–Crippen MR) is 92.2 cm³/mol. The minimum atomic E-state index is -1.21. The van der Waals surface area contributed by atoms with Crippen LogP contribution in [0.5, 0.6) is 11.5 Å². The summed E-state index contributed by atoms with van der Waals surface area (Å²) in [5.74, 6) is -0.723. The number of fused-ring (bicyclic) bond motifs is 1. The normalized spacial score (nSPS) is 11.9. The molecule has 0 fully saturated rings. The third-order valence-electron chi connectivity index (χ3n) is 3.75. The third-order valence-corrected chi connectivity index (χ3v) is 3.75. The number of aliphatic carboxylic acids is 1. The third kappa shape index (κ3) is 3.06. The summed E-state index contributed by atoms with van der Waals surface area (Å²) in [5, 5.41) is 9.44. The fourth-order valence-electron chi connectivity index (χ4n) is 2.47. The van der Waals surface area contributed by atoms with Gasteiger partial charge in [0.1, 0.15) is 11.3 Å². The minimum absolute atomic E-state index is 0.134. The highest BCUT2D eigenvalue weighted by atomic mass is 16.5. The zero-order valence-corrected chi connectivity index (χ0v) is 13.7. The van der Waals surface area contributed by atoms with Gasteiger partial charge in [0, 0.05) is 0 Å². The van der Waals surface area contributed by atoms with E-state index >= 15 is 0 Å². The van der Waals surface area contributed by atoms with Gasteiger partial charge in [0.25, 0.3) is 0 Å². The van der Waals surface area contributed by atoms with Crippen LogP contribution in [0.2, 0.25) is 0 Å². The zero-order valence-electron chi connectivity index (χ0n) is 13.7. The van der Waals surface area contributed by atoms with E-state index in [1.165, 1.54) is 14.0 Å². The van der Waals surface area contributed by atoms with Crippen LogP contribution in [-0.2, 0) is 4.79 Å². The maximum atomic E-state index is 12.9. The molecule has 1 aromatic heterocycles. The molecule has 0 aliphatic carbocycles. The highest BCUT2D eigenvalue weighted by Crippen LogP contribution is 2.36. The van der Waals surface area contributed by atoms with Crippen LogP contribution in [0.3, 0.4) is 0 Å². The topological polar surface area (TPSA) is 86.0 Å². The van der Waals surface area contributed by atoms with Gasteiger partial charge >= 0.3 is 5.97 Å². The fourth-order valence-corrected chi connectivity index (χ4v) is 2.47. The highest BCUT2D eigenvalue weighted by Gasteiger charge is 2.24. The first-order valence-electron chi connectivity index (χ1n) is 7.61. The number of carboxylic acid groups (broad SMARTS) is 1. The lowest BCUT2D eigenvalue weighted by Gasteiger charge is -2.15. The number of ether oxygens (including phenoxy) is 2. The Balaban J connectivity index is 2.32. The number of benzene rings is 2. The fraction of sp³-hybridized carbons (Fsp3) is 0.158. The van der Waals surface area contributed by atoms with E-state index in [4.69, 9.17) is 19.0 Å².